The van der Waals surface area contributed by atoms with Crippen LogP contribution >= 0.6 is 0 Å². The van der Waals surface area contributed by atoms with Crippen molar-refractivity contribution in [3.8, 4) is 0 Å². The topological polar surface area (TPSA) is 133 Å². The molecule has 0 unspecified atom stereocenters. The zero-order valence-electron chi connectivity index (χ0n) is 9.39. The molecule has 0 bridgehead atoms. The second-order valence-corrected chi connectivity index (χ2v) is 2.30. The summed E-state index contributed by atoms with van der Waals surface area (Å²) >= 11 is 0. The summed E-state index contributed by atoms with van der Waals surface area (Å²) in [6.45, 7) is 0.941. The second kappa shape index (κ2) is 12.6. The van der Waals surface area contributed by atoms with E-state index in [1.807, 2.05) is 0 Å². The minimum Gasteiger partial charge on any atom is -0.546 e. The van der Waals surface area contributed by atoms with Gasteiger partial charge in [0, 0.05) is 13.8 Å². The third kappa shape index (κ3) is 31.4. The average Bonchev–Trinajstić information content (AvgIpc) is 2.12. The molecule has 0 saturated carbocycles. The van der Waals surface area contributed by atoms with Crippen LogP contribution in [0.4, 0.5) is 0 Å². The number of hydrogen-bond acceptors (Lipinski definition) is 8. The van der Waals surface area contributed by atoms with Crippen LogP contribution in [-0.2, 0) is 48.1 Å². The van der Waals surface area contributed by atoms with E-state index in [1.54, 1.807) is 0 Å². The molecule has 0 amide bonds. The van der Waals surface area contributed by atoms with Gasteiger partial charge in [0.15, 0.2) is 0 Å². The first kappa shape index (κ1) is 20.9. The number of carboxylic acids is 2. The molecule has 0 radical (unpaired) electrons. The largest absolute Gasteiger partial charge is 2.00 e. The van der Waals surface area contributed by atoms with Crippen molar-refractivity contribution in [2.24, 2.45) is 0 Å². The summed E-state index contributed by atoms with van der Waals surface area (Å²) in [5, 5.41) is 19.0. The molecule has 0 aliphatic heterocycles. The molecule has 0 N–H and O–H groups in total. The van der Waals surface area contributed by atoms with Crippen LogP contribution in [0, 0.1) is 0 Å². The Kier molecular flexibility index (Phi) is 15.4. The van der Waals surface area contributed by atoms with Gasteiger partial charge < -0.3 is 29.3 Å². The van der Waals surface area contributed by atoms with Gasteiger partial charge in [-0.05, 0) is 0 Å². The van der Waals surface area contributed by atoms with E-state index in [0.29, 0.717) is 0 Å². The Morgan fingerprint density at radius 3 is 1.12 bits per heavy atom. The summed E-state index contributed by atoms with van der Waals surface area (Å²) < 4.78 is 8.00. The van der Waals surface area contributed by atoms with Crippen LogP contribution in [0.2, 0.25) is 0 Å². The summed E-state index contributed by atoms with van der Waals surface area (Å²) in [5.41, 5.74) is 0. The molecule has 0 rings (SSSR count). The molecular formula is C8H10O8Zn. The van der Waals surface area contributed by atoms with Crippen molar-refractivity contribution >= 4 is 23.9 Å². The first-order chi connectivity index (χ1) is 7.25. The van der Waals surface area contributed by atoms with Gasteiger partial charge in [0.05, 0.1) is 11.9 Å². The van der Waals surface area contributed by atoms with Crippen LogP contribution in [0.5, 0.6) is 0 Å². The maximum atomic E-state index is 9.83. The van der Waals surface area contributed by atoms with Gasteiger partial charge in [0.2, 0.25) is 0 Å². The number of carboxylic acid groups (broad SMARTS) is 2. The Morgan fingerprint density at radius 1 is 0.824 bits per heavy atom. The zero-order valence-corrected chi connectivity index (χ0v) is 12.4. The summed E-state index contributed by atoms with van der Waals surface area (Å²) in [6.07, 6.45) is 0. The average molecular weight is 300 g/mol. The van der Waals surface area contributed by atoms with Gasteiger partial charge in [-0.1, -0.05) is 0 Å². The number of aliphatic carboxylic acids is 2. The molecule has 0 atom stereocenters. The molecule has 0 aromatic heterocycles. The van der Waals surface area contributed by atoms with E-state index >= 15 is 0 Å². The Labute approximate surface area is 110 Å². The van der Waals surface area contributed by atoms with Crippen molar-refractivity contribution < 1.29 is 58.3 Å². The van der Waals surface area contributed by atoms with Crippen molar-refractivity contribution in [1.82, 2.24) is 0 Å². The SMILES string of the molecule is CC(=O)OCC(=O)[O-].CC(=O)OCC(=O)[O-].[Zn+2]. The van der Waals surface area contributed by atoms with Crippen molar-refractivity contribution in [2.45, 2.75) is 13.8 Å². The van der Waals surface area contributed by atoms with Crippen molar-refractivity contribution in [3.05, 3.63) is 0 Å². The Bertz CT molecular complexity index is 219. The first-order valence-corrected chi connectivity index (χ1v) is 3.92. The molecule has 0 aromatic carbocycles. The molecule has 0 heterocycles. The molecule has 0 aliphatic carbocycles. The van der Waals surface area contributed by atoms with E-state index in [9.17, 15) is 29.4 Å². The third-order valence-electron chi connectivity index (χ3n) is 0.787. The Hall–Kier alpha value is -1.50. The van der Waals surface area contributed by atoms with Crippen molar-refractivity contribution in [3.63, 3.8) is 0 Å². The van der Waals surface area contributed by atoms with Crippen LogP contribution in [0.3, 0.4) is 0 Å². The summed E-state index contributed by atoms with van der Waals surface area (Å²) in [6, 6.07) is 0. The molecule has 0 aromatic rings. The minimum atomic E-state index is -1.39. The molecule has 0 aliphatic rings. The second-order valence-electron chi connectivity index (χ2n) is 2.30. The van der Waals surface area contributed by atoms with Gasteiger partial charge in [-0.3, -0.25) is 9.59 Å². The predicted molar refractivity (Wildman–Crippen MR) is 43.3 cm³/mol. The fourth-order valence-electron chi connectivity index (χ4n) is 0.321. The first-order valence-electron chi connectivity index (χ1n) is 3.92. The van der Waals surface area contributed by atoms with Crippen LogP contribution in [0.1, 0.15) is 13.8 Å². The molecule has 17 heavy (non-hydrogen) atoms. The van der Waals surface area contributed by atoms with Crippen molar-refractivity contribution in [1.29, 1.82) is 0 Å². The molecule has 9 heteroatoms. The number of carbonyl (C=O) groups is 4. The monoisotopic (exact) mass is 298 g/mol. The summed E-state index contributed by atoms with van der Waals surface area (Å²) in [5.74, 6) is -4.01. The maximum Gasteiger partial charge on any atom is 2.00 e. The number of rotatable bonds is 4. The number of esters is 2. The van der Waals surface area contributed by atoms with Crippen LogP contribution in [0.25, 0.3) is 0 Å². The zero-order chi connectivity index (χ0) is 13.1. The quantitative estimate of drug-likeness (QED) is 0.387. The van der Waals surface area contributed by atoms with Crippen molar-refractivity contribution in [2.75, 3.05) is 13.2 Å². The van der Waals surface area contributed by atoms with Gasteiger partial charge in [-0.15, -0.1) is 0 Å². The van der Waals surface area contributed by atoms with E-state index in [4.69, 9.17) is 0 Å². The third-order valence-corrected chi connectivity index (χ3v) is 0.787. The molecule has 92 valence electrons. The summed E-state index contributed by atoms with van der Waals surface area (Å²) in [4.78, 5) is 38.7. The van der Waals surface area contributed by atoms with Gasteiger partial charge in [0.1, 0.15) is 13.2 Å². The predicted octanol–water partition coefficient (Wildman–Crippen LogP) is -3.40. The van der Waals surface area contributed by atoms with Crippen LogP contribution < -0.4 is 10.2 Å². The fourth-order valence-corrected chi connectivity index (χ4v) is 0.321. The minimum absolute atomic E-state index is 0. The van der Waals surface area contributed by atoms with Crippen LogP contribution in [0.15, 0.2) is 0 Å². The van der Waals surface area contributed by atoms with Crippen LogP contribution in [-0.4, -0.2) is 37.1 Å². The Balaban J connectivity index is -0.000000218. The number of ether oxygens (including phenoxy) is 2. The van der Waals surface area contributed by atoms with Gasteiger partial charge in [-0.25, -0.2) is 0 Å². The maximum absolute atomic E-state index is 9.83. The van der Waals surface area contributed by atoms with E-state index < -0.39 is 37.1 Å². The van der Waals surface area contributed by atoms with Gasteiger partial charge >= 0.3 is 31.4 Å². The molecule has 0 fully saturated rings. The molecule has 0 spiro atoms. The molecular weight excluding hydrogens is 289 g/mol. The number of hydrogen-bond donors (Lipinski definition) is 0. The van der Waals surface area contributed by atoms with E-state index in [1.165, 1.54) is 0 Å². The standard InChI is InChI=1S/2C4H6O4.Zn/c2*1-3(5)8-2-4(6)7;/h2*2H2,1H3,(H,6,7);/q;;+2/p-2. The Morgan fingerprint density at radius 2 is 1.06 bits per heavy atom. The van der Waals surface area contributed by atoms with Gasteiger partial charge in [-0.2, -0.15) is 0 Å². The van der Waals surface area contributed by atoms with E-state index in [2.05, 4.69) is 9.47 Å². The molecule has 0 saturated heterocycles. The fraction of sp³-hybridized carbons (Fsp3) is 0.500. The molecule has 8 nitrogen and oxygen atoms in total. The smallest absolute Gasteiger partial charge is 0.546 e. The summed E-state index contributed by atoms with van der Waals surface area (Å²) in [7, 11) is 0. The normalized spacial score (nSPS) is 7.65. The van der Waals surface area contributed by atoms with Gasteiger partial charge in [0.25, 0.3) is 0 Å². The number of carbonyl (C=O) groups excluding carboxylic acids is 4. The van der Waals surface area contributed by atoms with E-state index in [-0.39, 0.29) is 19.5 Å². The van der Waals surface area contributed by atoms with E-state index in [0.717, 1.165) is 13.8 Å².